The summed E-state index contributed by atoms with van der Waals surface area (Å²) in [5, 5.41) is 0. The first-order chi connectivity index (χ1) is 5.68. The molecule has 0 amide bonds. The first-order valence-electron chi connectivity index (χ1n) is 3.91. The molecule has 4 heteroatoms. The molecule has 0 fully saturated rings. The number of aromatic amines is 1. The van der Waals surface area contributed by atoms with E-state index in [2.05, 4.69) is 4.98 Å². The Morgan fingerprint density at radius 1 is 1.75 bits per heavy atom. The second-order valence-corrected chi connectivity index (χ2v) is 4.83. The maximum Gasteiger partial charge on any atom is 0.158 e. The Kier molecular flexibility index (Phi) is 1.88. The summed E-state index contributed by atoms with van der Waals surface area (Å²) >= 11 is 6.62. The Morgan fingerprint density at radius 2 is 2.50 bits per heavy atom. The fourth-order valence-electron chi connectivity index (χ4n) is 1.67. The molecule has 0 spiro atoms. The quantitative estimate of drug-likeness (QED) is 0.705. The zero-order chi connectivity index (χ0) is 8.72. The van der Waals surface area contributed by atoms with Gasteiger partial charge >= 0.3 is 0 Å². The predicted molar refractivity (Wildman–Crippen MR) is 51.2 cm³/mol. The molecule has 1 aliphatic rings. The fourth-order valence-corrected chi connectivity index (χ4v) is 2.99. The summed E-state index contributed by atoms with van der Waals surface area (Å²) in [6, 6.07) is 0. The van der Waals surface area contributed by atoms with Crippen molar-refractivity contribution >= 4 is 29.3 Å². The van der Waals surface area contributed by atoms with Crippen LogP contribution in [0.5, 0.6) is 0 Å². The lowest BCUT2D eigenvalue weighted by molar-refractivity contribution is -0.118. The van der Waals surface area contributed by atoms with Crippen molar-refractivity contribution < 1.29 is 4.79 Å². The van der Waals surface area contributed by atoms with Crippen LogP contribution in [0, 0.1) is 3.95 Å². The van der Waals surface area contributed by atoms with Crippen LogP contribution in [0.2, 0.25) is 0 Å². The van der Waals surface area contributed by atoms with E-state index in [0.29, 0.717) is 0 Å². The topological polar surface area (TPSA) is 32.9 Å². The third-order valence-electron chi connectivity index (χ3n) is 2.25. The zero-order valence-corrected chi connectivity index (χ0v) is 8.35. The molecule has 1 N–H and O–H groups in total. The number of carbonyl (C=O) groups excluding carboxylic acids is 1. The number of carbonyl (C=O) groups is 1. The lowest BCUT2D eigenvalue weighted by Crippen LogP contribution is -2.04. The smallest absolute Gasteiger partial charge is 0.158 e. The second-order valence-electron chi connectivity index (χ2n) is 3.05. The number of hydrogen-bond donors (Lipinski definition) is 1. The predicted octanol–water partition coefficient (Wildman–Crippen LogP) is 2.42. The Morgan fingerprint density at radius 3 is 3.17 bits per heavy atom. The molecule has 1 aliphatic carbocycles. The van der Waals surface area contributed by atoms with Crippen molar-refractivity contribution in [3.63, 3.8) is 0 Å². The minimum absolute atomic E-state index is 0.0907. The van der Waals surface area contributed by atoms with Crippen LogP contribution >= 0.6 is 23.6 Å². The molecule has 0 saturated carbocycles. The number of aryl methyl sites for hydroxylation is 1. The van der Waals surface area contributed by atoms with E-state index in [1.807, 2.05) is 0 Å². The lowest BCUT2D eigenvalue weighted by Gasteiger charge is -2.02. The summed E-state index contributed by atoms with van der Waals surface area (Å²) < 4.78 is 0.797. The summed E-state index contributed by atoms with van der Waals surface area (Å²) in [7, 11) is 0. The van der Waals surface area contributed by atoms with Crippen molar-refractivity contribution in [1.29, 1.82) is 0 Å². The molecule has 1 aromatic heterocycles. The van der Waals surface area contributed by atoms with Gasteiger partial charge in [-0.2, -0.15) is 0 Å². The monoisotopic (exact) mass is 199 g/mol. The number of hydrogen-bond acceptors (Lipinski definition) is 3. The van der Waals surface area contributed by atoms with Crippen molar-refractivity contribution in [3.05, 3.63) is 14.5 Å². The molecule has 0 aliphatic heterocycles. The van der Waals surface area contributed by atoms with Crippen LogP contribution in [0.1, 0.15) is 29.8 Å². The standard InChI is InChI=1S/C8H9NOS2/c1-4(10)5-2-3-6-7(5)9-8(11)12-6/h5H,2-3H2,1H3,(H,9,11). The van der Waals surface area contributed by atoms with E-state index in [1.54, 1.807) is 18.3 Å². The van der Waals surface area contributed by atoms with Crippen LogP contribution in [0.15, 0.2) is 0 Å². The minimum atomic E-state index is 0.0907. The highest BCUT2D eigenvalue weighted by molar-refractivity contribution is 7.73. The normalized spacial score (nSPS) is 20.9. The van der Waals surface area contributed by atoms with Gasteiger partial charge in [-0.25, -0.2) is 0 Å². The van der Waals surface area contributed by atoms with E-state index >= 15 is 0 Å². The molecular formula is C8H9NOS2. The molecule has 2 nitrogen and oxygen atoms in total. The van der Waals surface area contributed by atoms with Crippen LogP contribution < -0.4 is 0 Å². The van der Waals surface area contributed by atoms with E-state index in [1.165, 1.54) is 4.88 Å². The highest BCUT2D eigenvalue weighted by Gasteiger charge is 2.27. The summed E-state index contributed by atoms with van der Waals surface area (Å²) in [6.45, 7) is 1.65. The van der Waals surface area contributed by atoms with E-state index in [0.717, 1.165) is 22.5 Å². The van der Waals surface area contributed by atoms with Gasteiger partial charge in [-0.1, -0.05) is 0 Å². The van der Waals surface area contributed by atoms with Crippen LogP contribution in [0.3, 0.4) is 0 Å². The molecule has 12 heavy (non-hydrogen) atoms. The molecule has 64 valence electrons. The summed E-state index contributed by atoms with van der Waals surface area (Å²) in [5.41, 5.74) is 1.08. The van der Waals surface area contributed by atoms with E-state index in [-0.39, 0.29) is 11.7 Å². The second kappa shape index (κ2) is 2.78. The van der Waals surface area contributed by atoms with E-state index in [4.69, 9.17) is 12.2 Å². The summed E-state index contributed by atoms with van der Waals surface area (Å²) in [6.07, 6.45) is 1.97. The minimum Gasteiger partial charge on any atom is -0.340 e. The van der Waals surface area contributed by atoms with Gasteiger partial charge in [0.2, 0.25) is 0 Å². The molecule has 0 bridgehead atoms. The maximum absolute atomic E-state index is 11.2. The number of H-pyrrole nitrogens is 1. The molecule has 0 radical (unpaired) electrons. The number of aromatic nitrogens is 1. The fraction of sp³-hybridized carbons (Fsp3) is 0.500. The van der Waals surface area contributed by atoms with Gasteiger partial charge in [-0.05, 0) is 32.0 Å². The van der Waals surface area contributed by atoms with Crippen molar-refractivity contribution in [2.45, 2.75) is 25.7 Å². The van der Waals surface area contributed by atoms with Gasteiger partial charge in [0, 0.05) is 10.6 Å². The number of rotatable bonds is 1. The molecule has 1 atom stereocenters. The number of Topliss-reactive ketones (excluding diaryl/α,β-unsaturated/α-hetero) is 1. The summed E-state index contributed by atoms with van der Waals surface area (Å²) in [4.78, 5) is 15.5. The highest BCUT2D eigenvalue weighted by Crippen LogP contribution is 2.35. The molecule has 0 aromatic carbocycles. The Hall–Kier alpha value is -0.480. The van der Waals surface area contributed by atoms with Crippen LogP contribution in [0.4, 0.5) is 0 Å². The van der Waals surface area contributed by atoms with Crippen LogP contribution in [0.25, 0.3) is 0 Å². The van der Waals surface area contributed by atoms with Gasteiger partial charge in [0.1, 0.15) is 5.78 Å². The Balaban J connectivity index is 2.47. The SMILES string of the molecule is CC(=O)C1CCc2sc(=S)[nH]c21. The van der Waals surface area contributed by atoms with Gasteiger partial charge in [-0.15, -0.1) is 11.3 Å². The van der Waals surface area contributed by atoms with Crippen molar-refractivity contribution in [2.75, 3.05) is 0 Å². The van der Waals surface area contributed by atoms with Gasteiger partial charge in [-0.3, -0.25) is 4.79 Å². The van der Waals surface area contributed by atoms with Crippen molar-refractivity contribution in [3.8, 4) is 0 Å². The highest BCUT2D eigenvalue weighted by atomic mass is 32.1. The van der Waals surface area contributed by atoms with E-state index < -0.39 is 0 Å². The zero-order valence-electron chi connectivity index (χ0n) is 6.72. The molecule has 1 unspecified atom stereocenters. The average Bonchev–Trinajstić information content (AvgIpc) is 2.43. The lowest BCUT2D eigenvalue weighted by atomic mass is 10.0. The first kappa shape index (κ1) is 8.13. The average molecular weight is 199 g/mol. The van der Waals surface area contributed by atoms with Gasteiger partial charge < -0.3 is 4.98 Å². The van der Waals surface area contributed by atoms with Gasteiger partial charge in [0.25, 0.3) is 0 Å². The summed E-state index contributed by atoms with van der Waals surface area (Å²) in [5.74, 6) is 0.339. The Bertz CT molecular complexity index is 377. The molecule has 2 rings (SSSR count). The third kappa shape index (κ3) is 1.15. The molecular weight excluding hydrogens is 190 g/mol. The first-order valence-corrected chi connectivity index (χ1v) is 5.13. The molecule has 1 aromatic rings. The van der Waals surface area contributed by atoms with Crippen molar-refractivity contribution in [1.82, 2.24) is 4.98 Å². The van der Waals surface area contributed by atoms with Crippen LogP contribution in [-0.4, -0.2) is 10.8 Å². The number of fused-ring (bicyclic) bond motifs is 1. The Labute approximate surface area is 79.6 Å². The van der Waals surface area contributed by atoms with E-state index in [9.17, 15) is 4.79 Å². The largest absolute Gasteiger partial charge is 0.340 e. The maximum atomic E-state index is 11.2. The van der Waals surface area contributed by atoms with Gasteiger partial charge in [0.15, 0.2) is 3.95 Å². The van der Waals surface area contributed by atoms with Gasteiger partial charge in [0.05, 0.1) is 5.92 Å². The number of nitrogens with one attached hydrogen (secondary N) is 1. The third-order valence-corrected chi connectivity index (χ3v) is 3.56. The molecule has 0 saturated heterocycles. The molecule has 1 heterocycles. The van der Waals surface area contributed by atoms with Crippen LogP contribution in [-0.2, 0) is 11.2 Å². The number of ketones is 1. The number of thiazole rings is 1. The van der Waals surface area contributed by atoms with Crippen molar-refractivity contribution in [2.24, 2.45) is 0 Å².